The quantitative estimate of drug-likeness (QED) is 0.483. The maximum Gasteiger partial charge on any atom is 0.339 e. The van der Waals surface area contributed by atoms with Crippen molar-refractivity contribution in [1.82, 2.24) is 10.1 Å². The molecule has 0 unspecified atom stereocenters. The van der Waals surface area contributed by atoms with E-state index in [1.165, 1.54) is 0 Å². The van der Waals surface area contributed by atoms with Crippen molar-refractivity contribution in [3.8, 4) is 22.8 Å². The number of rotatable bonds is 6. The summed E-state index contributed by atoms with van der Waals surface area (Å²) >= 11 is 0. The minimum atomic E-state index is -0.670. The highest BCUT2D eigenvalue weighted by Crippen LogP contribution is 2.28. The summed E-state index contributed by atoms with van der Waals surface area (Å²) in [5.41, 5.74) is 1.58. The zero-order valence-electron chi connectivity index (χ0n) is 16.0. The number of oxazole rings is 1. The van der Waals surface area contributed by atoms with Gasteiger partial charge in [0.15, 0.2) is 18.2 Å². The molecule has 0 saturated carbocycles. The van der Waals surface area contributed by atoms with Crippen molar-refractivity contribution < 1.29 is 23.3 Å². The van der Waals surface area contributed by atoms with Crippen molar-refractivity contribution in [2.75, 3.05) is 11.9 Å². The molecule has 2 aromatic heterocycles. The Kier molecular flexibility index (Phi) is 5.38. The van der Waals surface area contributed by atoms with Gasteiger partial charge in [-0.05, 0) is 19.1 Å². The molecule has 1 amide bonds. The van der Waals surface area contributed by atoms with Gasteiger partial charge in [-0.3, -0.25) is 4.79 Å². The van der Waals surface area contributed by atoms with Crippen LogP contribution in [-0.4, -0.2) is 28.6 Å². The summed E-state index contributed by atoms with van der Waals surface area (Å²) < 4.78 is 15.8. The van der Waals surface area contributed by atoms with E-state index in [0.717, 1.165) is 5.56 Å². The first kappa shape index (κ1) is 19.1. The zero-order valence-corrected chi connectivity index (χ0v) is 16.0. The molecule has 2 aromatic carbocycles. The summed E-state index contributed by atoms with van der Waals surface area (Å²) in [5, 5.41) is 6.14. The third-order valence-corrected chi connectivity index (χ3v) is 4.17. The van der Waals surface area contributed by atoms with Crippen molar-refractivity contribution in [3.05, 3.63) is 78.2 Å². The average molecular weight is 403 g/mol. The molecular formula is C22H17N3O5. The first-order chi connectivity index (χ1) is 14.6. The van der Waals surface area contributed by atoms with Gasteiger partial charge >= 0.3 is 5.97 Å². The lowest BCUT2D eigenvalue weighted by atomic mass is 10.1. The minimum Gasteiger partial charge on any atom is -0.452 e. The number of benzene rings is 2. The lowest BCUT2D eigenvalue weighted by molar-refractivity contribution is -0.119. The number of hydrogen-bond acceptors (Lipinski definition) is 7. The van der Waals surface area contributed by atoms with Crippen LogP contribution in [-0.2, 0) is 9.53 Å². The normalized spacial score (nSPS) is 10.6. The largest absolute Gasteiger partial charge is 0.452 e. The predicted molar refractivity (Wildman–Crippen MR) is 108 cm³/mol. The molecule has 2 heterocycles. The minimum absolute atomic E-state index is 0.240. The number of nitrogens with one attached hydrogen (secondary N) is 1. The van der Waals surface area contributed by atoms with E-state index in [1.54, 1.807) is 43.5 Å². The summed E-state index contributed by atoms with van der Waals surface area (Å²) in [6.07, 6.45) is 1.60. The van der Waals surface area contributed by atoms with Crippen LogP contribution in [0.1, 0.15) is 16.1 Å². The number of esters is 1. The molecular weight excluding hydrogens is 386 g/mol. The van der Waals surface area contributed by atoms with Crippen molar-refractivity contribution >= 4 is 17.7 Å². The van der Waals surface area contributed by atoms with Crippen molar-refractivity contribution in [2.45, 2.75) is 6.92 Å². The first-order valence-electron chi connectivity index (χ1n) is 9.11. The third kappa shape index (κ3) is 4.27. The molecule has 8 nitrogen and oxygen atoms in total. The van der Waals surface area contributed by atoms with E-state index in [-0.39, 0.29) is 17.3 Å². The number of aryl methyl sites for hydroxylation is 1. The van der Waals surface area contributed by atoms with Crippen molar-refractivity contribution in [3.63, 3.8) is 0 Å². The highest BCUT2D eigenvalue weighted by Gasteiger charge is 2.19. The van der Waals surface area contributed by atoms with Crippen LogP contribution in [0.5, 0.6) is 0 Å². The van der Waals surface area contributed by atoms with Crippen LogP contribution in [0.3, 0.4) is 0 Å². The summed E-state index contributed by atoms with van der Waals surface area (Å²) in [7, 11) is 0. The molecule has 0 atom stereocenters. The maximum absolute atomic E-state index is 12.6. The number of anilines is 1. The van der Waals surface area contributed by atoms with E-state index in [0.29, 0.717) is 17.1 Å². The highest BCUT2D eigenvalue weighted by atomic mass is 16.5. The van der Waals surface area contributed by atoms with Gasteiger partial charge in [0.1, 0.15) is 5.76 Å². The Bertz CT molecular complexity index is 1180. The van der Waals surface area contributed by atoms with E-state index < -0.39 is 18.5 Å². The Balaban J connectivity index is 1.47. The van der Waals surface area contributed by atoms with Crippen LogP contribution in [0.25, 0.3) is 22.8 Å². The molecule has 30 heavy (non-hydrogen) atoms. The highest BCUT2D eigenvalue weighted by molar-refractivity contribution is 5.98. The molecule has 150 valence electrons. The Morgan fingerprint density at radius 1 is 1.07 bits per heavy atom. The van der Waals surface area contributed by atoms with Gasteiger partial charge in [-0.15, -0.1) is 0 Å². The summed E-state index contributed by atoms with van der Waals surface area (Å²) in [5.74, 6) is 0.465. The first-order valence-corrected chi connectivity index (χ1v) is 9.11. The molecule has 8 heteroatoms. The monoisotopic (exact) mass is 403 g/mol. The molecule has 0 aliphatic heterocycles. The lowest BCUT2D eigenvalue weighted by Gasteiger charge is -2.07. The Labute approximate surface area is 171 Å². The molecule has 4 aromatic rings. The second-order valence-corrected chi connectivity index (χ2v) is 6.39. The van der Waals surface area contributed by atoms with E-state index in [9.17, 15) is 9.59 Å². The van der Waals surface area contributed by atoms with Crippen molar-refractivity contribution in [1.29, 1.82) is 0 Å². The standard InChI is InChI=1S/C22H17N3O5/c1-14-11-19(25-30-14)24-20(26)13-28-22(27)17-10-6-5-9-16(17)21-23-12-18(29-21)15-7-3-2-4-8-15/h2-12H,13H2,1H3,(H,24,25,26). The number of carbonyl (C=O) groups excluding carboxylic acids is 2. The molecule has 0 radical (unpaired) electrons. The summed E-state index contributed by atoms with van der Waals surface area (Å²) in [4.78, 5) is 28.8. The number of aromatic nitrogens is 2. The van der Waals surface area contributed by atoms with E-state index in [4.69, 9.17) is 13.7 Å². The summed E-state index contributed by atoms with van der Waals surface area (Å²) in [6.45, 7) is 1.23. The fourth-order valence-corrected chi connectivity index (χ4v) is 2.80. The number of nitrogens with zero attached hydrogens (tertiary/aromatic N) is 2. The maximum atomic E-state index is 12.6. The fourth-order valence-electron chi connectivity index (χ4n) is 2.80. The van der Waals surface area contributed by atoms with Gasteiger partial charge in [-0.25, -0.2) is 9.78 Å². The van der Waals surface area contributed by atoms with Gasteiger partial charge in [0.25, 0.3) is 5.91 Å². The van der Waals surface area contributed by atoms with Crippen LogP contribution < -0.4 is 5.32 Å². The lowest BCUT2D eigenvalue weighted by Crippen LogP contribution is -2.21. The SMILES string of the molecule is Cc1cc(NC(=O)COC(=O)c2ccccc2-c2ncc(-c3ccccc3)o2)no1. The molecule has 0 bridgehead atoms. The van der Waals surface area contributed by atoms with Gasteiger partial charge < -0.3 is 19.0 Å². The topological polar surface area (TPSA) is 107 Å². The van der Waals surface area contributed by atoms with Crippen molar-refractivity contribution in [2.24, 2.45) is 0 Å². The Morgan fingerprint density at radius 2 is 1.83 bits per heavy atom. The van der Waals surface area contributed by atoms with Gasteiger partial charge in [0, 0.05) is 11.6 Å². The summed E-state index contributed by atoms with van der Waals surface area (Å²) in [6, 6.07) is 17.8. The van der Waals surface area contributed by atoms with Crippen LogP contribution in [0.2, 0.25) is 0 Å². The van der Waals surface area contributed by atoms with Gasteiger partial charge in [-0.2, -0.15) is 0 Å². The molecule has 1 N–H and O–H groups in total. The molecule has 0 saturated heterocycles. The smallest absolute Gasteiger partial charge is 0.339 e. The van der Waals surface area contributed by atoms with Crippen LogP contribution in [0.15, 0.2) is 75.8 Å². The van der Waals surface area contributed by atoms with Crippen LogP contribution in [0, 0.1) is 6.92 Å². The third-order valence-electron chi connectivity index (χ3n) is 4.17. The molecule has 0 spiro atoms. The van der Waals surface area contributed by atoms with E-state index in [1.807, 2.05) is 30.3 Å². The molecule has 0 aliphatic rings. The number of hydrogen-bond donors (Lipinski definition) is 1. The second-order valence-electron chi connectivity index (χ2n) is 6.39. The molecule has 4 rings (SSSR count). The van der Waals surface area contributed by atoms with Gasteiger partial charge in [0.05, 0.1) is 17.3 Å². The number of carbonyl (C=O) groups is 2. The fraction of sp³-hybridized carbons (Fsp3) is 0.0909. The number of amides is 1. The average Bonchev–Trinajstić information content (AvgIpc) is 3.42. The Hall–Kier alpha value is -4.20. The predicted octanol–water partition coefficient (Wildman–Crippen LogP) is 4.10. The second kappa shape index (κ2) is 8.44. The van der Waals surface area contributed by atoms with E-state index in [2.05, 4.69) is 15.5 Å². The van der Waals surface area contributed by atoms with Gasteiger partial charge in [-0.1, -0.05) is 47.6 Å². The van der Waals surface area contributed by atoms with Gasteiger partial charge in [0.2, 0.25) is 5.89 Å². The zero-order chi connectivity index (χ0) is 20.9. The van der Waals surface area contributed by atoms with Crippen LogP contribution in [0.4, 0.5) is 5.82 Å². The number of ether oxygens (including phenoxy) is 1. The van der Waals surface area contributed by atoms with E-state index >= 15 is 0 Å². The molecule has 0 aliphatic carbocycles. The Morgan fingerprint density at radius 3 is 2.60 bits per heavy atom. The molecule has 0 fully saturated rings. The van der Waals surface area contributed by atoms with Crippen LogP contribution >= 0.6 is 0 Å².